The van der Waals surface area contributed by atoms with Crippen molar-refractivity contribution in [2.24, 2.45) is 22.9 Å². The fraction of sp³-hybridized carbons (Fsp3) is 0.464. The molecular weight excluding hydrogens is 514 g/mol. The van der Waals surface area contributed by atoms with E-state index in [-0.39, 0.29) is 49.9 Å². The van der Waals surface area contributed by atoms with Crippen LogP contribution in [0.25, 0.3) is 11.1 Å². The lowest BCUT2D eigenvalue weighted by atomic mass is 9.95. The second-order valence-corrected chi connectivity index (χ2v) is 10.2. The molecule has 0 aromatic heterocycles. The number of benzene rings is 2. The van der Waals surface area contributed by atoms with Crippen LogP contribution in [-0.2, 0) is 27.2 Å². The first-order chi connectivity index (χ1) is 19.1. The van der Waals surface area contributed by atoms with Crippen LogP contribution in [-0.4, -0.2) is 71.7 Å². The number of hydrogen-bond acceptors (Lipinski definition) is 9. The zero-order valence-electron chi connectivity index (χ0n) is 22.6. The fourth-order valence-corrected chi connectivity index (χ4v) is 4.59. The molecule has 3 rings (SSSR count). The molecule has 1 aliphatic rings. The van der Waals surface area contributed by atoms with Crippen LogP contribution in [0.3, 0.4) is 0 Å². The number of hydrogen-bond donors (Lipinski definition) is 9. The van der Waals surface area contributed by atoms with Crippen LogP contribution in [0.1, 0.15) is 36.8 Å². The topological polar surface area (TPSA) is 232 Å². The molecule has 1 heterocycles. The van der Waals surface area contributed by atoms with Gasteiger partial charge >= 0.3 is 0 Å². The molecule has 0 aliphatic carbocycles. The zero-order valence-corrected chi connectivity index (χ0v) is 22.6. The summed E-state index contributed by atoms with van der Waals surface area (Å²) >= 11 is 0. The normalized spacial score (nSPS) is 20.4. The summed E-state index contributed by atoms with van der Waals surface area (Å²) in [6.45, 7) is 0.950. The Kier molecular flexibility index (Phi) is 11.3. The van der Waals surface area contributed by atoms with Gasteiger partial charge in [-0.15, -0.1) is 0 Å². The molecule has 40 heavy (non-hydrogen) atoms. The van der Waals surface area contributed by atoms with Gasteiger partial charge in [0.15, 0.2) is 0 Å². The fourth-order valence-electron chi connectivity index (χ4n) is 4.59. The molecule has 12 heteroatoms. The molecule has 13 N–H and O–H groups in total. The number of aromatic hydroxyl groups is 2. The average Bonchev–Trinajstić information content (AvgIpc) is 2.94. The van der Waals surface area contributed by atoms with Gasteiger partial charge in [-0.2, -0.15) is 0 Å². The van der Waals surface area contributed by atoms with Gasteiger partial charge in [0.1, 0.15) is 23.6 Å². The van der Waals surface area contributed by atoms with Crippen LogP contribution in [0.15, 0.2) is 36.4 Å². The molecule has 218 valence electrons. The van der Waals surface area contributed by atoms with E-state index >= 15 is 0 Å². The summed E-state index contributed by atoms with van der Waals surface area (Å²) in [5, 5.41) is 29.3. The van der Waals surface area contributed by atoms with Gasteiger partial charge in [-0.05, 0) is 85.3 Å². The number of phenols is 2. The number of nitrogens with one attached hydrogen (secondary N) is 3. The largest absolute Gasteiger partial charge is 0.508 e. The predicted octanol–water partition coefficient (Wildman–Crippen LogP) is -0.918. The quantitative estimate of drug-likeness (QED) is 0.186. The third kappa shape index (κ3) is 8.39. The molecule has 0 spiro atoms. The van der Waals surface area contributed by atoms with Crippen LogP contribution < -0.4 is 38.9 Å². The molecule has 0 unspecified atom stereocenters. The predicted molar refractivity (Wildman–Crippen MR) is 152 cm³/mol. The van der Waals surface area contributed by atoms with Crippen molar-refractivity contribution in [1.82, 2.24) is 16.0 Å². The van der Waals surface area contributed by atoms with E-state index in [4.69, 9.17) is 22.9 Å². The van der Waals surface area contributed by atoms with Crippen molar-refractivity contribution in [3.63, 3.8) is 0 Å². The number of carbonyl (C=O) groups is 3. The minimum Gasteiger partial charge on any atom is -0.508 e. The first-order valence-electron chi connectivity index (χ1n) is 13.6. The minimum absolute atomic E-state index is 0.0193. The second-order valence-electron chi connectivity index (χ2n) is 10.2. The molecule has 3 amide bonds. The molecule has 4 bridgehead atoms. The molecule has 4 atom stereocenters. The van der Waals surface area contributed by atoms with Crippen molar-refractivity contribution >= 4 is 17.7 Å². The van der Waals surface area contributed by atoms with E-state index in [1.165, 1.54) is 12.1 Å². The summed E-state index contributed by atoms with van der Waals surface area (Å²) in [5.74, 6) is -1.72. The molecular formula is C28H41N7O5. The van der Waals surface area contributed by atoms with Crippen molar-refractivity contribution < 1.29 is 24.6 Å². The molecule has 1 aliphatic heterocycles. The Morgan fingerprint density at radius 1 is 0.925 bits per heavy atom. The molecule has 0 radical (unpaired) electrons. The Balaban J connectivity index is 2.01. The number of phenolic OH excluding ortho intramolecular Hbond substituents is 2. The third-order valence-corrected chi connectivity index (χ3v) is 6.97. The molecule has 2 aromatic rings. The van der Waals surface area contributed by atoms with Crippen molar-refractivity contribution in [3.8, 4) is 22.6 Å². The summed E-state index contributed by atoms with van der Waals surface area (Å²) in [6, 6.07) is 6.42. The smallest absolute Gasteiger partial charge is 0.243 e. The van der Waals surface area contributed by atoms with Gasteiger partial charge in [-0.3, -0.25) is 14.4 Å². The lowest BCUT2D eigenvalue weighted by molar-refractivity contribution is -0.132. The highest BCUT2D eigenvalue weighted by molar-refractivity contribution is 5.93. The summed E-state index contributed by atoms with van der Waals surface area (Å²) in [5.41, 5.74) is 25.8. The second kappa shape index (κ2) is 14.6. The van der Waals surface area contributed by atoms with E-state index in [1.54, 1.807) is 24.3 Å². The van der Waals surface area contributed by atoms with Crippen molar-refractivity contribution in [2.45, 2.75) is 62.7 Å². The van der Waals surface area contributed by atoms with Crippen LogP contribution in [0.2, 0.25) is 0 Å². The maximum absolute atomic E-state index is 13.4. The van der Waals surface area contributed by atoms with Crippen molar-refractivity contribution in [3.05, 3.63) is 47.5 Å². The molecule has 12 nitrogen and oxygen atoms in total. The summed E-state index contributed by atoms with van der Waals surface area (Å²) in [7, 11) is 0. The Hall–Kier alpha value is -3.71. The van der Waals surface area contributed by atoms with E-state index in [2.05, 4.69) is 16.0 Å². The Bertz CT molecular complexity index is 1190. The highest BCUT2D eigenvalue weighted by atomic mass is 16.3. The van der Waals surface area contributed by atoms with Gasteiger partial charge < -0.3 is 49.1 Å². The number of carbonyl (C=O) groups excluding carboxylic acids is 3. The average molecular weight is 556 g/mol. The van der Waals surface area contributed by atoms with Crippen LogP contribution in [0, 0.1) is 0 Å². The van der Waals surface area contributed by atoms with Gasteiger partial charge in [0.2, 0.25) is 17.7 Å². The molecule has 0 saturated carbocycles. The monoisotopic (exact) mass is 555 g/mol. The first-order valence-corrected chi connectivity index (χ1v) is 13.6. The lowest BCUT2D eigenvalue weighted by Crippen LogP contribution is -2.57. The van der Waals surface area contributed by atoms with Gasteiger partial charge in [-0.25, -0.2) is 0 Å². The number of fused-ring (bicyclic) bond motifs is 5. The first kappa shape index (κ1) is 30.8. The van der Waals surface area contributed by atoms with Gasteiger partial charge in [0.05, 0.1) is 6.04 Å². The number of amides is 3. The Morgan fingerprint density at radius 2 is 1.52 bits per heavy atom. The van der Waals surface area contributed by atoms with Gasteiger partial charge in [0.25, 0.3) is 0 Å². The van der Waals surface area contributed by atoms with E-state index in [0.717, 1.165) is 0 Å². The SMILES string of the molecule is NCCC[C@H](N)CNC(=O)[C@H]1Cc2cc(ccc2O)-c2ccc(O)c(c2)C[C@H](N)C(=O)N[C@H](CCCN)C(=O)N1. The highest BCUT2D eigenvalue weighted by Crippen LogP contribution is 2.30. The maximum Gasteiger partial charge on any atom is 0.243 e. The molecule has 0 fully saturated rings. The van der Waals surface area contributed by atoms with Gasteiger partial charge in [-0.1, -0.05) is 12.1 Å². The maximum atomic E-state index is 13.4. The summed E-state index contributed by atoms with van der Waals surface area (Å²) in [6.07, 6.45) is 1.99. The minimum atomic E-state index is -1.08. The van der Waals surface area contributed by atoms with Gasteiger partial charge in [0, 0.05) is 25.4 Å². The van der Waals surface area contributed by atoms with Crippen LogP contribution >= 0.6 is 0 Å². The summed E-state index contributed by atoms with van der Waals surface area (Å²) in [4.78, 5) is 39.7. The van der Waals surface area contributed by atoms with E-state index in [0.29, 0.717) is 48.1 Å². The van der Waals surface area contributed by atoms with Crippen molar-refractivity contribution in [1.29, 1.82) is 0 Å². The van der Waals surface area contributed by atoms with E-state index < -0.39 is 35.8 Å². The van der Waals surface area contributed by atoms with Crippen molar-refractivity contribution in [2.75, 3.05) is 19.6 Å². The van der Waals surface area contributed by atoms with E-state index in [1.807, 2.05) is 0 Å². The Labute approximate surface area is 233 Å². The Morgan fingerprint density at radius 3 is 2.12 bits per heavy atom. The third-order valence-electron chi connectivity index (χ3n) is 6.97. The molecule has 0 saturated heterocycles. The standard InChI is InChI=1S/C28H41N7O5/c29-9-1-3-20(31)15-33-27(39)23-14-19-12-17(6-8-25(19)37)16-5-7-24(36)18(11-16)13-21(32)26(38)34-22(4-2-10-30)28(40)35-23/h5-8,11-12,20-23,36-37H,1-4,9-10,13-15,29-32H2,(H,33,39)(H,34,38)(H,35,40)/t20-,21-,22+,23+/m0/s1. The number of rotatable bonds is 9. The van der Waals surface area contributed by atoms with Crippen LogP contribution in [0.4, 0.5) is 0 Å². The number of nitrogens with two attached hydrogens (primary N) is 4. The lowest BCUT2D eigenvalue weighted by Gasteiger charge is -2.25. The molecule has 2 aromatic carbocycles. The van der Waals surface area contributed by atoms with E-state index in [9.17, 15) is 24.6 Å². The van der Waals surface area contributed by atoms with Crippen LogP contribution in [0.5, 0.6) is 11.5 Å². The highest BCUT2D eigenvalue weighted by Gasteiger charge is 2.29. The summed E-state index contributed by atoms with van der Waals surface area (Å²) < 4.78 is 0. The zero-order chi connectivity index (χ0) is 29.2.